The van der Waals surface area contributed by atoms with Crippen molar-refractivity contribution in [2.24, 2.45) is 0 Å². The van der Waals surface area contributed by atoms with Gasteiger partial charge in [-0.2, -0.15) is 0 Å². The van der Waals surface area contributed by atoms with Crippen molar-refractivity contribution in [2.75, 3.05) is 0 Å². The van der Waals surface area contributed by atoms with Crippen LogP contribution in [-0.2, 0) is 0 Å². The van der Waals surface area contributed by atoms with Gasteiger partial charge in [0.15, 0.2) is 0 Å². The van der Waals surface area contributed by atoms with Gasteiger partial charge in [0.25, 0.3) is 0 Å². The van der Waals surface area contributed by atoms with Crippen molar-refractivity contribution in [3.63, 3.8) is 0 Å². The molecule has 1 saturated carbocycles. The predicted octanol–water partition coefficient (Wildman–Crippen LogP) is 2.43. The summed E-state index contributed by atoms with van der Waals surface area (Å²) >= 11 is 0. The van der Waals surface area contributed by atoms with Crippen molar-refractivity contribution in [2.45, 2.75) is 13.0 Å². The Morgan fingerprint density at radius 2 is 1.71 bits per heavy atom. The maximum atomic E-state index is 10.1. The fourth-order valence-corrected chi connectivity index (χ4v) is 1.64. The largest absolute Gasteiger partial charge is 0.388 e. The Labute approximate surface area is 85.8 Å². The first-order valence-electron chi connectivity index (χ1n) is 4.74. The van der Waals surface area contributed by atoms with Gasteiger partial charge in [0.2, 0.25) is 0 Å². The van der Waals surface area contributed by atoms with Crippen LogP contribution in [0.2, 0.25) is 0 Å². The molecule has 0 bridgehead atoms. The third-order valence-electron chi connectivity index (χ3n) is 2.49. The summed E-state index contributed by atoms with van der Waals surface area (Å²) in [7, 11) is 0. The minimum Gasteiger partial charge on any atom is -0.388 e. The monoisotopic (exact) mass is 185 g/mol. The molecule has 5 radical (unpaired) electrons. The van der Waals surface area contributed by atoms with Crippen molar-refractivity contribution in [3.8, 4) is 0 Å². The van der Waals surface area contributed by atoms with Crippen LogP contribution in [0.3, 0.4) is 0 Å². The third kappa shape index (κ3) is 1.83. The summed E-state index contributed by atoms with van der Waals surface area (Å²) in [5.41, 5.74) is 2.11. The summed E-state index contributed by atoms with van der Waals surface area (Å²) in [6.45, 7) is 2.02. The lowest BCUT2D eigenvalue weighted by Crippen LogP contribution is -2.09. The Kier molecular flexibility index (Phi) is 2.87. The minimum absolute atomic E-state index is 0.494. The lowest BCUT2D eigenvalue weighted by molar-refractivity contribution is 0.199. The van der Waals surface area contributed by atoms with Crippen LogP contribution >= 0.6 is 0 Å². The van der Waals surface area contributed by atoms with Gasteiger partial charge in [0.1, 0.15) is 0 Å². The molecular weight excluding hydrogens is 172 g/mol. The maximum absolute atomic E-state index is 10.1. The van der Waals surface area contributed by atoms with Crippen molar-refractivity contribution in [3.05, 3.63) is 67.0 Å². The minimum atomic E-state index is -0.494. The van der Waals surface area contributed by atoms with E-state index in [1.807, 2.05) is 56.9 Å². The molecule has 0 heterocycles. The van der Waals surface area contributed by atoms with Crippen LogP contribution < -0.4 is 0 Å². The number of rotatable bonds is 2. The average molecular weight is 185 g/mol. The zero-order chi connectivity index (χ0) is 9.97. The standard InChI is InChI=1S/C13H13O/c1-10-6-2-5-9-12(10)13(14)11-7-3-4-8-11/h2-9,13-14H,1H3/t13-/m1/s1. The zero-order valence-corrected chi connectivity index (χ0v) is 8.14. The van der Waals surface area contributed by atoms with Gasteiger partial charge in [0, 0.05) is 5.92 Å². The van der Waals surface area contributed by atoms with E-state index in [-0.39, 0.29) is 0 Å². The number of aliphatic hydroxyl groups is 1. The molecule has 1 aliphatic carbocycles. The van der Waals surface area contributed by atoms with E-state index < -0.39 is 6.10 Å². The SMILES string of the molecule is Cc1ccccc1[C@H](O)[C]1[CH][CH][CH][CH]1. The first-order valence-corrected chi connectivity index (χ1v) is 4.74. The van der Waals surface area contributed by atoms with Gasteiger partial charge < -0.3 is 5.11 Å². The van der Waals surface area contributed by atoms with Gasteiger partial charge in [-0.25, -0.2) is 0 Å². The van der Waals surface area contributed by atoms with Gasteiger partial charge in [-0.3, -0.25) is 0 Å². The molecule has 1 heteroatoms. The maximum Gasteiger partial charge on any atom is 0.0861 e. The van der Waals surface area contributed by atoms with Gasteiger partial charge in [-0.05, 0) is 43.7 Å². The first-order chi connectivity index (χ1) is 6.79. The molecule has 1 atom stereocenters. The van der Waals surface area contributed by atoms with Gasteiger partial charge in [-0.1, -0.05) is 24.3 Å². The van der Waals surface area contributed by atoms with E-state index in [4.69, 9.17) is 0 Å². The van der Waals surface area contributed by atoms with Crippen LogP contribution in [0.15, 0.2) is 24.3 Å². The lowest BCUT2D eigenvalue weighted by Gasteiger charge is -2.18. The van der Waals surface area contributed by atoms with Crippen LogP contribution in [-0.4, -0.2) is 5.11 Å². The summed E-state index contributed by atoms with van der Waals surface area (Å²) in [4.78, 5) is 0. The molecule has 0 spiro atoms. The second-order valence-corrected chi connectivity index (χ2v) is 3.48. The molecule has 14 heavy (non-hydrogen) atoms. The summed E-state index contributed by atoms with van der Waals surface area (Å²) in [5.74, 6) is 0.958. The van der Waals surface area contributed by atoms with E-state index in [1.54, 1.807) is 0 Å². The quantitative estimate of drug-likeness (QED) is 0.750. The molecular formula is C13H13O. The van der Waals surface area contributed by atoms with Crippen LogP contribution in [0, 0.1) is 38.5 Å². The Bertz CT molecular complexity index is 300. The fourth-order valence-electron chi connectivity index (χ4n) is 1.64. The van der Waals surface area contributed by atoms with E-state index in [9.17, 15) is 5.11 Å². The number of hydrogen-bond acceptors (Lipinski definition) is 1. The van der Waals surface area contributed by atoms with Crippen LogP contribution in [0.5, 0.6) is 0 Å². The summed E-state index contributed by atoms with van der Waals surface area (Å²) < 4.78 is 0. The molecule has 1 nitrogen and oxygen atoms in total. The highest BCUT2D eigenvalue weighted by Crippen LogP contribution is 2.35. The molecule has 1 aromatic rings. The highest BCUT2D eigenvalue weighted by atomic mass is 16.3. The molecule has 1 N–H and O–H groups in total. The van der Waals surface area contributed by atoms with Crippen LogP contribution in [0.1, 0.15) is 17.2 Å². The predicted molar refractivity (Wildman–Crippen MR) is 56.6 cm³/mol. The highest BCUT2D eigenvalue weighted by Gasteiger charge is 2.26. The van der Waals surface area contributed by atoms with E-state index in [2.05, 4.69) is 0 Å². The van der Waals surface area contributed by atoms with Gasteiger partial charge >= 0.3 is 0 Å². The Morgan fingerprint density at radius 1 is 1.07 bits per heavy atom. The smallest absolute Gasteiger partial charge is 0.0861 e. The molecule has 0 aliphatic heterocycles. The Morgan fingerprint density at radius 3 is 2.36 bits per heavy atom. The topological polar surface area (TPSA) is 20.2 Å². The number of benzene rings is 1. The van der Waals surface area contributed by atoms with Crippen LogP contribution in [0.25, 0.3) is 0 Å². The Hall–Kier alpha value is -0.820. The molecule has 71 valence electrons. The van der Waals surface area contributed by atoms with E-state index in [0.717, 1.165) is 17.0 Å². The van der Waals surface area contributed by atoms with Gasteiger partial charge in [0.05, 0.1) is 6.10 Å². The zero-order valence-electron chi connectivity index (χ0n) is 8.14. The molecule has 1 aromatic carbocycles. The fraction of sp³-hybridized carbons (Fsp3) is 0.154. The molecule has 0 unspecified atom stereocenters. The number of aliphatic hydroxyl groups excluding tert-OH is 1. The first kappa shape index (κ1) is 9.72. The molecule has 0 saturated heterocycles. The molecule has 0 aromatic heterocycles. The third-order valence-corrected chi connectivity index (χ3v) is 2.49. The molecule has 1 aliphatic rings. The second kappa shape index (κ2) is 4.14. The normalized spacial score (nSPS) is 19.9. The Balaban J connectivity index is 2.17. The van der Waals surface area contributed by atoms with Crippen molar-refractivity contribution in [1.82, 2.24) is 0 Å². The average Bonchev–Trinajstić information content (AvgIpc) is 2.70. The second-order valence-electron chi connectivity index (χ2n) is 3.48. The molecule has 1 fully saturated rings. The number of hydrogen-bond donors (Lipinski definition) is 1. The summed E-state index contributed by atoms with van der Waals surface area (Å²) in [6, 6.07) is 7.92. The van der Waals surface area contributed by atoms with Gasteiger partial charge in [-0.15, -0.1) is 0 Å². The van der Waals surface area contributed by atoms with E-state index in [1.165, 1.54) is 0 Å². The summed E-state index contributed by atoms with van der Waals surface area (Å²) in [5, 5.41) is 10.1. The summed E-state index contributed by atoms with van der Waals surface area (Å²) in [6.07, 6.45) is 7.27. The lowest BCUT2D eigenvalue weighted by atomic mass is 9.92. The van der Waals surface area contributed by atoms with Crippen molar-refractivity contribution >= 4 is 0 Å². The van der Waals surface area contributed by atoms with Crippen molar-refractivity contribution < 1.29 is 5.11 Å². The van der Waals surface area contributed by atoms with Crippen molar-refractivity contribution in [1.29, 1.82) is 0 Å². The van der Waals surface area contributed by atoms with Crippen LogP contribution in [0.4, 0.5) is 0 Å². The van der Waals surface area contributed by atoms with E-state index in [0.29, 0.717) is 0 Å². The van der Waals surface area contributed by atoms with E-state index >= 15 is 0 Å². The molecule has 2 rings (SSSR count). The number of aryl methyl sites for hydroxylation is 1. The molecule has 0 amide bonds. The highest BCUT2D eigenvalue weighted by molar-refractivity contribution is 5.43.